The molecule has 1 aliphatic carbocycles. The third kappa shape index (κ3) is 5.43. The lowest BCUT2D eigenvalue weighted by atomic mass is 9.74. The van der Waals surface area contributed by atoms with Gasteiger partial charge >= 0.3 is 0 Å². The molecule has 0 bridgehead atoms. The van der Waals surface area contributed by atoms with Crippen molar-refractivity contribution in [3.05, 3.63) is 35.4 Å². The van der Waals surface area contributed by atoms with Crippen molar-refractivity contribution in [1.82, 2.24) is 20.4 Å². The van der Waals surface area contributed by atoms with Gasteiger partial charge in [0.05, 0.1) is 6.54 Å². The van der Waals surface area contributed by atoms with Gasteiger partial charge in [-0.2, -0.15) is 0 Å². The van der Waals surface area contributed by atoms with Crippen LogP contribution in [0.25, 0.3) is 0 Å². The standard InChI is InChI=1S/C25H37N5O2/c1-26-24(30-15-6-13-25(19-30)11-4-2-3-5-12-25)28-17-20-7-9-21(10-8-20)23(32)29-16-14-27-22(31)18-29/h7-10H,2-6,11-19H2,1H3,(H,26,28)(H,27,31). The summed E-state index contributed by atoms with van der Waals surface area (Å²) in [6, 6.07) is 7.69. The molecule has 0 radical (unpaired) electrons. The number of piperidine rings is 1. The first-order chi connectivity index (χ1) is 15.6. The molecular formula is C25H37N5O2. The van der Waals surface area contributed by atoms with Gasteiger partial charge in [-0.1, -0.05) is 37.8 Å². The minimum Gasteiger partial charge on any atom is -0.353 e. The van der Waals surface area contributed by atoms with E-state index >= 15 is 0 Å². The van der Waals surface area contributed by atoms with Gasteiger partial charge in [0.2, 0.25) is 5.91 Å². The number of rotatable bonds is 3. The number of aliphatic imine (C=N–C) groups is 1. The smallest absolute Gasteiger partial charge is 0.254 e. The Hall–Kier alpha value is -2.57. The molecule has 0 aromatic heterocycles. The van der Waals surface area contributed by atoms with Gasteiger partial charge in [-0.05, 0) is 48.8 Å². The van der Waals surface area contributed by atoms with Crippen LogP contribution in [0, 0.1) is 5.41 Å². The highest BCUT2D eigenvalue weighted by atomic mass is 16.2. The highest BCUT2D eigenvalue weighted by molar-refractivity contribution is 5.97. The van der Waals surface area contributed by atoms with Crippen LogP contribution in [0.2, 0.25) is 0 Å². The zero-order valence-electron chi connectivity index (χ0n) is 19.4. The maximum atomic E-state index is 12.7. The van der Waals surface area contributed by atoms with Gasteiger partial charge in [-0.25, -0.2) is 0 Å². The van der Waals surface area contributed by atoms with Gasteiger partial charge < -0.3 is 20.4 Å². The molecule has 0 unspecified atom stereocenters. The molecule has 174 valence electrons. The molecule has 1 spiro atoms. The minimum absolute atomic E-state index is 0.0859. The lowest BCUT2D eigenvalue weighted by Gasteiger charge is -2.44. The van der Waals surface area contributed by atoms with Crippen molar-refractivity contribution in [3.8, 4) is 0 Å². The van der Waals surface area contributed by atoms with Crippen molar-refractivity contribution in [2.24, 2.45) is 10.4 Å². The van der Waals surface area contributed by atoms with E-state index in [1.54, 1.807) is 4.90 Å². The van der Waals surface area contributed by atoms with Gasteiger partial charge in [0.15, 0.2) is 5.96 Å². The van der Waals surface area contributed by atoms with Crippen LogP contribution >= 0.6 is 0 Å². The van der Waals surface area contributed by atoms with Crippen LogP contribution < -0.4 is 10.6 Å². The summed E-state index contributed by atoms with van der Waals surface area (Å²) in [6.07, 6.45) is 10.8. The second-order valence-electron chi connectivity index (χ2n) is 9.61. The molecule has 4 rings (SSSR count). The fourth-order valence-corrected chi connectivity index (χ4v) is 5.55. The maximum absolute atomic E-state index is 12.7. The molecule has 2 saturated heterocycles. The molecule has 7 nitrogen and oxygen atoms in total. The number of hydrogen-bond acceptors (Lipinski definition) is 3. The highest BCUT2D eigenvalue weighted by Gasteiger charge is 2.36. The highest BCUT2D eigenvalue weighted by Crippen LogP contribution is 2.42. The largest absolute Gasteiger partial charge is 0.353 e. The topological polar surface area (TPSA) is 77.0 Å². The number of guanidine groups is 1. The van der Waals surface area contributed by atoms with Crippen LogP contribution in [0.1, 0.15) is 67.3 Å². The predicted molar refractivity (Wildman–Crippen MR) is 126 cm³/mol. The van der Waals surface area contributed by atoms with E-state index in [4.69, 9.17) is 0 Å². The Morgan fingerprint density at radius 2 is 1.75 bits per heavy atom. The number of likely N-dealkylation sites (tertiary alicyclic amines) is 1. The second-order valence-corrected chi connectivity index (χ2v) is 9.61. The average Bonchev–Trinajstić information content (AvgIpc) is 3.04. The summed E-state index contributed by atoms with van der Waals surface area (Å²) in [5, 5.41) is 6.29. The summed E-state index contributed by atoms with van der Waals surface area (Å²) in [5.41, 5.74) is 2.21. The zero-order chi connectivity index (χ0) is 22.4. The monoisotopic (exact) mass is 439 g/mol. The van der Waals surface area contributed by atoms with E-state index in [-0.39, 0.29) is 18.4 Å². The molecule has 2 heterocycles. The van der Waals surface area contributed by atoms with Gasteiger partial charge in [0, 0.05) is 45.3 Å². The Morgan fingerprint density at radius 3 is 2.44 bits per heavy atom. The lowest BCUT2D eigenvalue weighted by molar-refractivity contribution is -0.123. The quantitative estimate of drug-likeness (QED) is 0.561. The third-order valence-corrected chi connectivity index (χ3v) is 7.31. The number of nitrogens with zero attached hydrogens (tertiary/aromatic N) is 3. The van der Waals surface area contributed by atoms with Crippen molar-refractivity contribution < 1.29 is 9.59 Å². The molecule has 3 aliphatic rings. The van der Waals surface area contributed by atoms with Crippen LogP contribution in [-0.4, -0.2) is 67.3 Å². The molecule has 32 heavy (non-hydrogen) atoms. The van der Waals surface area contributed by atoms with Crippen LogP contribution in [-0.2, 0) is 11.3 Å². The molecule has 2 aliphatic heterocycles. The van der Waals surface area contributed by atoms with Gasteiger partial charge in [-0.3, -0.25) is 14.6 Å². The number of amides is 2. The predicted octanol–water partition coefficient (Wildman–Crippen LogP) is 2.77. The molecule has 2 N–H and O–H groups in total. The van der Waals surface area contributed by atoms with Crippen LogP contribution in [0.4, 0.5) is 0 Å². The Morgan fingerprint density at radius 1 is 1.03 bits per heavy atom. The normalized spacial score (nSPS) is 21.8. The summed E-state index contributed by atoms with van der Waals surface area (Å²) in [7, 11) is 1.87. The summed E-state index contributed by atoms with van der Waals surface area (Å²) >= 11 is 0. The van der Waals surface area contributed by atoms with E-state index in [0.717, 1.165) is 24.6 Å². The van der Waals surface area contributed by atoms with E-state index in [0.29, 0.717) is 30.6 Å². The molecular weight excluding hydrogens is 402 g/mol. The number of carbonyl (C=O) groups is 2. The Balaban J connectivity index is 1.33. The third-order valence-electron chi connectivity index (χ3n) is 7.31. The fourth-order valence-electron chi connectivity index (χ4n) is 5.55. The lowest BCUT2D eigenvalue weighted by Crippen LogP contribution is -2.50. The van der Waals surface area contributed by atoms with E-state index in [2.05, 4.69) is 20.5 Å². The molecule has 1 aromatic carbocycles. The maximum Gasteiger partial charge on any atom is 0.254 e. The Kier molecular flexibility index (Phi) is 7.33. The van der Waals surface area contributed by atoms with Crippen LogP contribution in [0.3, 0.4) is 0 Å². The van der Waals surface area contributed by atoms with Crippen molar-refractivity contribution in [1.29, 1.82) is 0 Å². The van der Waals surface area contributed by atoms with Crippen molar-refractivity contribution in [2.45, 2.75) is 57.9 Å². The molecule has 1 aromatic rings. The van der Waals surface area contributed by atoms with Crippen molar-refractivity contribution in [2.75, 3.05) is 39.8 Å². The molecule has 7 heteroatoms. The molecule has 1 saturated carbocycles. The first-order valence-electron chi connectivity index (χ1n) is 12.2. The minimum atomic E-state index is -0.0971. The van der Waals surface area contributed by atoms with Crippen LogP contribution in [0.15, 0.2) is 29.3 Å². The number of carbonyl (C=O) groups excluding carboxylic acids is 2. The Labute approximate surface area is 191 Å². The number of nitrogens with one attached hydrogen (secondary N) is 2. The second kappa shape index (κ2) is 10.4. The van der Waals surface area contributed by atoms with E-state index in [9.17, 15) is 9.59 Å². The molecule has 3 fully saturated rings. The number of benzene rings is 1. The summed E-state index contributed by atoms with van der Waals surface area (Å²) in [4.78, 5) is 32.8. The summed E-state index contributed by atoms with van der Waals surface area (Å²) in [5.74, 6) is 0.796. The average molecular weight is 440 g/mol. The first-order valence-corrected chi connectivity index (χ1v) is 12.2. The molecule has 0 atom stereocenters. The van der Waals surface area contributed by atoms with Gasteiger partial charge in [0.25, 0.3) is 5.91 Å². The van der Waals surface area contributed by atoms with Gasteiger partial charge in [-0.15, -0.1) is 0 Å². The van der Waals surface area contributed by atoms with Crippen molar-refractivity contribution >= 4 is 17.8 Å². The van der Waals surface area contributed by atoms with E-state index in [1.807, 2.05) is 31.3 Å². The SMILES string of the molecule is CN=C(NCc1ccc(C(=O)N2CCNC(=O)C2)cc1)N1CCCC2(CCCCCC2)C1. The summed E-state index contributed by atoms with van der Waals surface area (Å²) in [6.45, 7) is 4.07. The van der Waals surface area contributed by atoms with E-state index in [1.165, 1.54) is 51.4 Å². The Bertz CT molecular complexity index is 827. The van der Waals surface area contributed by atoms with Gasteiger partial charge in [0.1, 0.15) is 0 Å². The number of hydrogen-bond donors (Lipinski definition) is 2. The van der Waals surface area contributed by atoms with Crippen molar-refractivity contribution in [3.63, 3.8) is 0 Å². The number of piperazine rings is 1. The molecule has 2 amide bonds. The van der Waals surface area contributed by atoms with E-state index < -0.39 is 0 Å². The zero-order valence-corrected chi connectivity index (χ0v) is 19.4. The fraction of sp³-hybridized carbons (Fsp3) is 0.640. The summed E-state index contributed by atoms with van der Waals surface area (Å²) < 4.78 is 0. The van der Waals surface area contributed by atoms with Crippen LogP contribution in [0.5, 0.6) is 0 Å². The first kappa shape index (κ1) is 22.6.